The van der Waals surface area contributed by atoms with E-state index in [9.17, 15) is 5.11 Å². The highest BCUT2D eigenvalue weighted by molar-refractivity contribution is 5.09. The fourth-order valence-electron chi connectivity index (χ4n) is 8.35. The molecule has 4 saturated carbocycles. The molecule has 3 heteroatoms. The van der Waals surface area contributed by atoms with Crippen LogP contribution >= 0.6 is 0 Å². The van der Waals surface area contributed by atoms with Crippen molar-refractivity contribution in [2.45, 2.75) is 109 Å². The molecule has 5 aliphatic rings. The van der Waals surface area contributed by atoms with Crippen LogP contribution in [0.1, 0.15) is 90.9 Å². The van der Waals surface area contributed by atoms with Gasteiger partial charge >= 0.3 is 0 Å². The average molecular weight is 377 g/mol. The summed E-state index contributed by atoms with van der Waals surface area (Å²) < 4.78 is 12.3. The Bertz CT molecular complexity index is 544. The van der Waals surface area contributed by atoms with Crippen molar-refractivity contribution in [3.05, 3.63) is 0 Å². The molecule has 154 valence electrons. The molecular formula is C24H40O3. The first-order valence-corrected chi connectivity index (χ1v) is 12.0. The second kappa shape index (κ2) is 6.99. The largest absolute Gasteiger partial charge is 0.393 e. The normalized spacial score (nSPS) is 55.4. The second-order valence-corrected chi connectivity index (χ2v) is 11.1. The number of aliphatic hydroxyl groups excluding tert-OH is 1. The number of fused-ring (bicyclic) bond motifs is 5. The van der Waals surface area contributed by atoms with Crippen LogP contribution < -0.4 is 0 Å². The van der Waals surface area contributed by atoms with E-state index in [1.54, 1.807) is 0 Å². The first kappa shape index (κ1) is 18.9. The molecule has 1 aliphatic heterocycles. The van der Waals surface area contributed by atoms with E-state index in [1.807, 2.05) is 0 Å². The van der Waals surface area contributed by atoms with Gasteiger partial charge in [0.1, 0.15) is 0 Å². The average Bonchev–Trinajstić information content (AvgIpc) is 2.98. The van der Waals surface area contributed by atoms with Crippen LogP contribution in [0.5, 0.6) is 0 Å². The maximum absolute atomic E-state index is 10.6. The highest BCUT2D eigenvalue weighted by Gasteiger charge is 2.60. The van der Waals surface area contributed by atoms with Crippen molar-refractivity contribution in [2.75, 3.05) is 6.61 Å². The summed E-state index contributed by atoms with van der Waals surface area (Å²) in [5.41, 5.74) is 0.716. The van der Waals surface area contributed by atoms with Gasteiger partial charge in [0.2, 0.25) is 0 Å². The molecule has 1 N–H and O–H groups in total. The predicted octanol–water partition coefficient (Wildman–Crippen LogP) is 5.30. The zero-order chi connectivity index (χ0) is 18.6. The van der Waals surface area contributed by atoms with E-state index in [4.69, 9.17) is 9.47 Å². The van der Waals surface area contributed by atoms with Gasteiger partial charge in [0.05, 0.1) is 12.2 Å². The van der Waals surface area contributed by atoms with Crippen LogP contribution in [0.25, 0.3) is 0 Å². The summed E-state index contributed by atoms with van der Waals surface area (Å²) in [7, 11) is 0. The Labute approximate surface area is 165 Å². The monoisotopic (exact) mass is 376 g/mol. The summed E-state index contributed by atoms with van der Waals surface area (Å²) in [4.78, 5) is 0. The number of hydrogen-bond donors (Lipinski definition) is 1. The Morgan fingerprint density at radius 2 is 1.67 bits per heavy atom. The van der Waals surface area contributed by atoms with Crippen LogP contribution in [0.15, 0.2) is 0 Å². The van der Waals surface area contributed by atoms with Crippen LogP contribution in [0.3, 0.4) is 0 Å². The third-order valence-electron chi connectivity index (χ3n) is 10.0. The van der Waals surface area contributed by atoms with E-state index in [0.29, 0.717) is 11.5 Å². The van der Waals surface area contributed by atoms with Gasteiger partial charge in [0.15, 0.2) is 6.29 Å². The third kappa shape index (κ3) is 3.02. The molecule has 0 radical (unpaired) electrons. The van der Waals surface area contributed by atoms with Gasteiger partial charge in [-0.2, -0.15) is 0 Å². The van der Waals surface area contributed by atoms with E-state index >= 15 is 0 Å². The SMILES string of the molecule is C[C@@]12CC[C@H]3[C@@H](CC[C@H]4C[C@@H](O[C@@H]5CCCCO5)CC[C@]43C)[C@H]1CC[C@@H]2O. The smallest absolute Gasteiger partial charge is 0.157 e. The van der Waals surface area contributed by atoms with E-state index < -0.39 is 0 Å². The second-order valence-electron chi connectivity index (χ2n) is 11.1. The lowest BCUT2D eigenvalue weighted by molar-refractivity contribution is -0.212. The van der Waals surface area contributed by atoms with E-state index in [0.717, 1.165) is 43.1 Å². The lowest BCUT2D eigenvalue weighted by Gasteiger charge is -2.61. The predicted molar refractivity (Wildman–Crippen MR) is 106 cm³/mol. The van der Waals surface area contributed by atoms with Crippen molar-refractivity contribution in [1.82, 2.24) is 0 Å². The molecular weight excluding hydrogens is 336 g/mol. The Balaban J connectivity index is 1.27. The molecule has 1 saturated heterocycles. The van der Waals surface area contributed by atoms with Gasteiger partial charge in [-0.15, -0.1) is 0 Å². The van der Waals surface area contributed by atoms with Crippen LogP contribution in [-0.4, -0.2) is 30.2 Å². The Kier molecular flexibility index (Phi) is 4.89. The summed E-state index contributed by atoms with van der Waals surface area (Å²) in [5, 5.41) is 10.6. The molecule has 0 unspecified atom stereocenters. The minimum absolute atomic E-state index is 0.0476. The lowest BCUT2D eigenvalue weighted by atomic mass is 9.45. The molecule has 4 aliphatic carbocycles. The summed E-state index contributed by atoms with van der Waals surface area (Å²) >= 11 is 0. The molecule has 0 bridgehead atoms. The Morgan fingerprint density at radius 1 is 0.852 bits per heavy atom. The molecule has 0 amide bonds. The maximum Gasteiger partial charge on any atom is 0.157 e. The standard InChI is InChI=1S/C24H40O3/c1-23-12-10-17(27-22-5-3-4-14-26-22)15-16(23)6-7-18-19-8-9-21(25)24(19,2)13-11-20(18)23/h16-22,25H,3-15H2,1-2H3/t16-,17-,18-,19+,20-,21-,22+,23+,24+/m0/s1. The molecule has 3 nitrogen and oxygen atoms in total. The molecule has 5 fully saturated rings. The fourth-order valence-corrected chi connectivity index (χ4v) is 8.35. The Hall–Kier alpha value is -0.120. The van der Waals surface area contributed by atoms with Crippen molar-refractivity contribution >= 4 is 0 Å². The van der Waals surface area contributed by atoms with Gasteiger partial charge in [-0.25, -0.2) is 0 Å². The minimum Gasteiger partial charge on any atom is -0.393 e. The molecule has 0 aromatic carbocycles. The van der Waals surface area contributed by atoms with Gasteiger partial charge in [-0.3, -0.25) is 0 Å². The van der Waals surface area contributed by atoms with E-state index in [1.165, 1.54) is 64.2 Å². The van der Waals surface area contributed by atoms with Crippen molar-refractivity contribution in [3.8, 4) is 0 Å². The number of hydrogen-bond acceptors (Lipinski definition) is 3. The molecule has 27 heavy (non-hydrogen) atoms. The van der Waals surface area contributed by atoms with Crippen LogP contribution in [0, 0.1) is 34.5 Å². The quantitative estimate of drug-likeness (QED) is 0.665. The van der Waals surface area contributed by atoms with Gasteiger partial charge < -0.3 is 14.6 Å². The van der Waals surface area contributed by atoms with Gasteiger partial charge in [0.25, 0.3) is 0 Å². The number of rotatable bonds is 2. The fraction of sp³-hybridized carbons (Fsp3) is 1.00. The first-order valence-electron chi connectivity index (χ1n) is 12.0. The van der Waals surface area contributed by atoms with E-state index in [-0.39, 0.29) is 17.8 Å². The van der Waals surface area contributed by atoms with Crippen LogP contribution in [0.2, 0.25) is 0 Å². The lowest BCUT2D eigenvalue weighted by Crippen LogP contribution is -2.54. The summed E-state index contributed by atoms with van der Waals surface area (Å²) in [5.74, 6) is 3.35. The van der Waals surface area contributed by atoms with Gasteiger partial charge in [0, 0.05) is 6.61 Å². The van der Waals surface area contributed by atoms with Crippen molar-refractivity contribution in [2.24, 2.45) is 34.5 Å². The molecule has 5 rings (SSSR count). The molecule has 0 aromatic heterocycles. The first-order chi connectivity index (χ1) is 13.0. The number of ether oxygens (including phenoxy) is 2. The molecule has 0 spiro atoms. The molecule has 0 aromatic rings. The zero-order valence-electron chi connectivity index (χ0n) is 17.5. The highest BCUT2D eigenvalue weighted by Crippen LogP contribution is 2.66. The van der Waals surface area contributed by atoms with Gasteiger partial charge in [-0.05, 0) is 112 Å². The maximum atomic E-state index is 10.6. The Morgan fingerprint density at radius 3 is 2.48 bits per heavy atom. The summed E-state index contributed by atoms with van der Waals surface area (Å²) in [6.45, 7) is 5.90. The summed E-state index contributed by atoms with van der Waals surface area (Å²) in [6.07, 6.45) is 15.5. The third-order valence-corrected chi connectivity index (χ3v) is 10.0. The molecule has 9 atom stereocenters. The van der Waals surface area contributed by atoms with E-state index in [2.05, 4.69) is 13.8 Å². The van der Waals surface area contributed by atoms with Gasteiger partial charge in [-0.1, -0.05) is 13.8 Å². The topological polar surface area (TPSA) is 38.7 Å². The van der Waals surface area contributed by atoms with Crippen molar-refractivity contribution in [1.29, 1.82) is 0 Å². The van der Waals surface area contributed by atoms with Crippen molar-refractivity contribution in [3.63, 3.8) is 0 Å². The molecule has 1 heterocycles. The highest BCUT2D eigenvalue weighted by atomic mass is 16.7. The summed E-state index contributed by atoms with van der Waals surface area (Å²) in [6, 6.07) is 0. The van der Waals surface area contributed by atoms with Crippen LogP contribution in [-0.2, 0) is 9.47 Å². The van der Waals surface area contributed by atoms with Crippen LogP contribution in [0.4, 0.5) is 0 Å². The van der Waals surface area contributed by atoms with Crippen molar-refractivity contribution < 1.29 is 14.6 Å². The zero-order valence-corrected chi connectivity index (χ0v) is 17.5. The number of aliphatic hydroxyl groups is 1. The minimum atomic E-state index is -0.0476.